The molecular weight excluding hydrogens is 268 g/mol. The van der Waals surface area contributed by atoms with Crippen LogP contribution in [-0.4, -0.2) is 10.9 Å². The van der Waals surface area contributed by atoms with Gasteiger partial charge in [-0.25, -0.2) is 4.98 Å². The molecule has 1 saturated carbocycles. The van der Waals surface area contributed by atoms with Gasteiger partial charge in [-0.05, 0) is 43.4 Å². The van der Waals surface area contributed by atoms with E-state index < -0.39 is 0 Å². The van der Waals surface area contributed by atoms with Crippen LogP contribution in [0.1, 0.15) is 24.5 Å². The van der Waals surface area contributed by atoms with Gasteiger partial charge in [-0.2, -0.15) is 0 Å². The number of carbonyl (C=O) groups excluding carboxylic acids is 1. The number of aromatic nitrogens is 1. The van der Waals surface area contributed by atoms with Gasteiger partial charge in [0.15, 0.2) is 5.13 Å². The van der Waals surface area contributed by atoms with Crippen LogP contribution < -0.4 is 5.32 Å². The average Bonchev–Trinajstić information content (AvgIpc) is 2.97. The first-order chi connectivity index (χ1) is 9.54. The maximum absolute atomic E-state index is 11.9. The molecule has 20 heavy (non-hydrogen) atoms. The number of hydrogen-bond acceptors (Lipinski definition) is 3. The quantitative estimate of drug-likeness (QED) is 0.926. The molecule has 0 unspecified atom stereocenters. The van der Waals surface area contributed by atoms with Gasteiger partial charge in [-0.3, -0.25) is 4.79 Å². The molecule has 0 radical (unpaired) electrons. The van der Waals surface area contributed by atoms with Gasteiger partial charge >= 0.3 is 0 Å². The summed E-state index contributed by atoms with van der Waals surface area (Å²) in [6.45, 7) is 6.30. The predicted molar refractivity (Wildman–Crippen MR) is 82.9 cm³/mol. The molecule has 0 spiro atoms. The van der Waals surface area contributed by atoms with Gasteiger partial charge in [0.05, 0.1) is 5.69 Å². The summed E-state index contributed by atoms with van der Waals surface area (Å²) in [5, 5.41) is 5.61. The number of nitrogens with zero attached hydrogens (tertiary/aromatic N) is 1. The lowest BCUT2D eigenvalue weighted by Gasteiger charge is -2.02. The summed E-state index contributed by atoms with van der Waals surface area (Å²) in [6.07, 6.45) is 1.00. The molecule has 4 heteroatoms. The van der Waals surface area contributed by atoms with Crippen LogP contribution in [0.3, 0.4) is 0 Å². The van der Waals surface area contributed by atoms with Crippen LogP contribution in [0.5, 0.6) is 0 Å². The van der Waals surface area contributed by atoms with Crippen molar-refractivity contribution in [3.8, 4) is 11.3 Å². The molecule has 3 rings (SSSR count). The first kappa shape index (κ1) is 13.3. The lowest BCUT2D eigenvalue weighted by Crippen LogP contribution is -2.14. The lowest BCUT2D eigenvalue weighted by molar-refractivity contribution is -0.117. The van der Waals surface area contributed by atoms with Gasteiger partial charge in [0.1, 0.15) is 0 Å². The van der Waals surface area contributed by atoms with Crippen LogP contribution in [-0.2, 0) is 4.79 Å². The van der Waals surface area contributed by atoms with Crippen molar-refractivity contribution in [1.82, 2.24) is 4.98 Å². The normalized spacial score (nSPS) is 20.8. The van der Waals surface area contributed by atoms with Gasteiger partial charge in [0.2, 0.25) is 5.91 Å². The summed E-state index contributed by atoms with van der Waals surface area (Å²) in [7, 11) is 0. The van der Waals surface area contributed by atoms with Crippen LogP contribution in [0.15, 0.2) is 23.6 Å². The Kier molecular flexibility index (Phi) is 3.34. The van der Waals surface area contributed by atoms with E-state index in [0.717, 1.165) is 17.7 Å². The van der Waals surface area contributed by atoms with Crippen molar-refractivity contribution in [2.75, 3.05) is 5.32 Å². The Morgan fingerprint density at radius 1 is 1.35 bits per heavy atom. The molecule has 1 N–H and O–H groups in total. The first-order valence-electron chi connectivity index (χ1n) is 6.88. The van der Waals surface area contributed by atoms with E-state index in [1.165, 1.54) is 22.5 Å². The third-order valence-electron chi connectivity index (χ3n) is 3.98. The van der Waals surface area contributed by atoms with Crippen molar-refractivity contribution in [2.45, 2.75) is 27.2 Å². The van der Waals surface area contributed by atoms with Crippen molar-refractivity contribution < 1.29 is 4.79 Å². The van der Waals surface area contributed by atoms with E-state index in [1.807, 2.05) is 5.38 Å². The second-order valence-corrected chi connectivity index (χ2v) is 6.50. The molecule has 1 fully saturated rings. The highest BCUT2D eigenvalue weighted by atomic mass is 32.1. The summed E-state index contributed by atoms with van der Waals surface area (Å²) < 4.78 is 0. The topological polar surface area (TPSA) is 42.0 Å². The first-order valence-corrected chi connectivity index (χ1v) is 7.76. The van der Waals surface area contributed by atoms with Crippen LogP contribution in [0, 0.1) is 25.7 Å². The number of rotatable bonds is 3. The van der Waals surface area contributed by atoms with E-state index >= 15 is 0 Å². The zero-order valence-electron chi connectivity index (χ0n) is 11.9. The molecule has 1 aliphatic rings. The lowest BCUT2D eigenvalue weighted by atomic mass is 10.1. The Balaban J connectivity index is 1.76. The van der Waals surface area contributed by atoms with E-state index in [2.05, 4.69) is 49.3 Å². The van der Waals surface area contributed by atoms with Crippen molar-refractivity contribution in [1.29, 1.82) is 0 Å². The Morgan fingerprint density at radius 3 is 2.75 bits per heavy atom. The molecule has 1 aromatic heterocycles. The average molecular weight is 286 g/mol. The van der Waals surface area contributed by atoms with Gasteiger partial charge in [-0.15, -0.1) is 11.3 Å². The molecule has 1 aliphatic carbocycles. The largest absolute Gasteiger partial charge is 0.302 e. The summed E-state index contributed by atoms with van der Waals surface area (Å²) >= 11 is 1.49. The number of anilines is 1. The fourth-order valence-electron chi connectivity index (χ4n) is 2.25. The maximum Gasteiger partial charge on any atom is 0.229 e. The number of benzene rings is 1. The minimum Gasteiger partial charge on any atom is -0.302 e. The molecule has 0 bridgehead atoms. The Bertz CT molecular complexity index is 662. The molecule has 3 nitrogen and oxygen atoms in total. The van der Waals surface area contributed by atoms with Crippen LogP contribution >= 0.6 is 11.3 Å². The monoisotopic (exact) mass is 286 g/mol. The summed E-state index contributed by atoms with van der Waals surface area (Å²) in [5.74, 6) is 0.816. The molecule has 0 saturated heterocycles. The van der Waals surface area contributed by atoms with Crippen LogP contribution in [0.4, 0.5) is 5.13 Å². The summed E-state index contributed by atoms with van der Waals surface area (Å²) in [6, 6.07) is 6.32. The molecule has 1 amide bonds. The molecule has 1 aromatic carbocycles. The zero-order chi connectivity index (χ0) is 14.3. The Hall–Kier alpha value is -1.68. The van der Waals surface area contributed by atoms with Crippen molar-refractivity contribution in [2.24, 2.45) is 11.8 Å². The smallest absolute Gasteiger partial charge is 0.229 e. The minimum absolute atomic E-state index is 0.110. The van der Waals surface area contributed by atoms with Crippen molar-refractivity contribution in [3.05, 3.63) is 34.7 Å². The molecule has 0 aliphatic heterocycles. The standard InChI is InChI=1S/C16H18N2OS/c1-9-4-5-12(6-10(9)2)14-8-20-16(17-14)18-15(19)13-7-11(13)3/h4-6,8,11,13H,7H2,1-3H3,(H,17,18,19)/t11-,13+/m0/s1. The SMILES string of the molecule is Cc1ccc(-c2csc(NC(=O)[C@@H]3C[C@@H]3C)n2)cc1C. The van der Waals surface area contributed by atoms with E-state index in [4.69, 9.17) is 0 Å². The fourth-order valence-corrected chi connectivity index (χ4v) is 2.97. The van der Waals surface area contributed by atoms with Crippen LogP contribution in [0.2, 0.25) is 0 Å². The van der Waals surface area contributed by atoms with E-state index in [1.54, 1.807) is 0 Å². The number of hydrogen-bond donors (Lipinski definition) is 1. The Morgan fingerprint density at radius 2 is 2.10 bits per heavy atom. The number of aryl methyl sites for hydroxylation is 2. The summed E-state index contributed by atoms with van der Waals surface area (Å²) in [5.41, 5.74) is 4.56. The second-order valence-electron chi connectivity index (χ2n) is 5.65. The van der Waals surface area contributed by atoms with Crippen molar-refractivity contribution >= 4 is 22.4 Å². The van der Waals surface area contributed by atoms with E-state index in [0.29, 0.717) is 11.0 Å². The number of amides is 1. The molecule has 2 atom stereocenters. The zero-order valence-corrected chi connectivity index (χ0v) is 12.8. The molecule has 1 heterocycles. The Labute approximate surface area is 123 Å². The molecule has 2 aromatic rings. The second kappa shape index (κ2) is 5.02. The highest BCUT2D eigenvalue weighted by molar-refractivity contribution is 7.14. The summed E-state index contributed by atoms with van der Waals surface area (Å²) in [4.78, 5) is 16.4. The highest BCUT2D eigenvalue weighted by Gasteiger charge is 2.39. The minimum atomic E-state index is 0.110. The number of thiazole rings is 1. The van der Waals surface area contributed by atoms with Gasteiger partial charge in [0.25, 0.3) is 0 Å². The fraction of sp³-hybridized carbons (Fsp3) is 0.375. The molecular formula is C16H18N2OS. The number of nitrogens with one attached hydrogen (secondary N) is 1. The molecule has 104 valence electrons. The van der Waals surface area contributed by atoms with Crippen molar-refractivity contribution in [3.63, 3.8) is 0 Å². The van der Waals surface area contributed by atoms with Crippen LogP contribution in [0.25, 0.3) is 11.3 Å². The maximum atomic E-state index is 11.9. The van der Waals surface area contributed by atoms with E-state index in [-0.39, 0.29) is 11.8 Å². The number of carbonyl (C=O) groups is 1. The van der Waals surface area contributed by atoms with Gasteiger partial charge in [0, 0.05) is 16.9 Å². The van der Waals surface area contributed by atoms with E-state index in [9.17, 15) is 4.79 Å². The van der Waals surface area contributed by atoms with Gasteiger partial charge < -0.3 is 5.32 Å². The predicted octanol–water partition coefficient (Wildman–Crippen LogP) is 4.02. The van der Waals surface area contributed by atoms with Gasteiger partial charge in [-0.1, -0.05) is 19.1 Å². The third kappa shape index (κ3) is 2.61. The third-order valence-corrected chi connectivity index (χ3v) is 4.74. The highest BCUT2D eigenvalue weighted by Crippen LogP contribution is 2.38.